The van der Waals surface area contributed by atoms with E-state index in [1.54, 1.807) is 0 Å². The molecule has 0 saturated heterocycles. The lowest BCUT2D eigenvalue weighted by molar-refractivity contribution is 0.0936. The Morgan fingerprint density at radius 3 is 1.31 bits per heavy atom. The van der Waals surface area contributed by atoms with Gasteiger partial charge in [0.05, 0.1) is 22.1 Å². The SMILES string of the molecule is F.F.F.F.O=C(NCCCNCCCNCCCNC(=O)c1nc2ccccc2[nH]1)c1nc2ccccc2[nH]1. The molecular formula is C25H36F4N8O2. The topological polar surface area (TPSA) is 140 Å². The minimum Gasteiger partial charge on any atom is -0.349 e. The molecule has 2 aromatic carbocycles. The zero-order chi connectivity index (χ0) is 24.3. The molecule has 216 valence electrons. The Morgan fingerprint density at radius 2 is 0.923 bits per heavy atom. The van der Waals surface area contributed by atoms with E-state index >= 15 is 0 Å². The normalized spacial score (nSPS) is 10.1. The highest BCUT2D eigenvalue weighted by Crippen LogP contribution is 2.10. The molecule has 39 heavy (non-hydrogen) atoms. The van der Waals surface area contributed by atoms with Gasteiger partial charge in [-0.3, -0.25) is 28.4 Å². The van der Waals surface area contributed by atoms with Gasteiger partial charge >= 0.3 is 0 Å². The number of H-pyrrole nitrogens is 2. The van der Waals surface area contributed by atoms with Gasteiger partial charge in [-0.1, -0.05) is 24.3 Å². The van der Waals surface area contributed by atoms with Crippen LogP contribution in [0.15, 0.2) is 48.5 Å². The quantitative estimate of drug-likeness (QED) is 0.104. The molecule has 0 atom stereocenters. The van der Waals surface area contributed by atoms with E-state index in [0.29, 0.717) is 24.7 Å². The van der Waals surface area contributed by atoms with Crippen LogP contribution in [0.4, 0.5) is 18.8 Å². The molecule has 0 unspecified atom stereocenters. The van der Waals surface area contributed by atoms with Crippen LogP contribution < -0.4 is 21.3 Å². The minimum atomic E-state index is -0.181. The Balaban J connectivity index is 0.00000361. The fourth-order valence-corrected chi connectivity index (χ4v) is 3.71. The van der Waals surface area contributed by atoms with Gasteiger partial charge in [0.15, 0.2) is 11.6 Å². The van der Waals surface area contributed by atoms with Crippen molar-refractivity contribution in [2.45, 2.75) is 19.3 Å². The molecule has 10 nitrogen and oxygen atoms in total. The number of carbonyl (C=O) groups excluding carboxylic acids is 2. The molecule has 0 spiro atoms. The maximum Gasteiger partial charge on any atom is 0.287 e. The third-order valence-electron chi connectivity index (χ3n) is 5.55. The predicted octanol–water partition coefficient (Wildman–Crippen LogP) is 2.56. The number of aromatic amines is 2. The van der Waals surface area contributed by atoms with Crippen LogP contribution in [0.25, 0.3) is 22.1 Å². The van der Waals surface area contributed by atoms with Crippen molar-refractivity contribution in [3.63, 3.8) is 0 Å². The van der Waals surface area contributed by atoms with E-state index in [1.807, 2.05) is 48.5 Å². The van der Waals surface area contributed by atoms with Crippen molar-refractivity contribution in [2.24, 2.45) is 0 Å². The first-order valence-corrected chi connectivity index (χ1v) is 12.1. The minimum absolute atomic E-state index is 0. The lowest BCUT2D eigenvalue weighted by Crippen LogP contribution is -2.30. The molecule has 2 heterocycles. The summed E-state index contributed by atoms with van der Waals surface area (Å²) in [4.78, 5) is 39.0. The number of nitrogens with one attached hydrogen (secondary N) is 6. The molecule has 2 aromatic heterocycles. The van der Waals surface area contributed by atoms with Crippen LogP contribution in [0, 0.1) is 0 Å². The number of halogens is 4. The Hall–Kier alpha value is -4.04. The molecule has 4 aromatic rings. The average molecular weight is 557 g/mol. The molecule has 2 amide bonds. The smallest absolute Gasteiger partial charge is 0.287 e. The fraction of sp³-hybridized carbons (Fsp3) is 0.360. The molecular weight excluding hydrogens is 520 g/mol. The number of imidazole rings is 2. The zero-order valence-corrected chi connectivity index (χ0v) is 21.3. The van der Waals surface area contributed by atoms with Crippen LogP contribution >= 0.6 is 0 Å². The molecule has 0 bridgehead atoms. The third kappa shape index (κ3) is 10.3. The molecule has 0 radical (unpaired) electrons. The van der Waals surface area contributed by atoms with Gasteiger partial charge in [0.1, 0.15) is 0 Å². The van der Waals surface area contributed by atoms with Crippen LogP contribution in [0.2, 0.25) is 0 Å². The van der Waals surface area contributed by atoms with Gasteiger partial charge in [-0.25, -0.2) is 9.97 Å². The van der Waals surface area contributed by atoms with E-state index in [9.17, 15) is 9.59 Å². The molecule has 0 fully saturated rings. The van der Waals surface area contributed by atoms with E-state index in [-0.39, 0.29) is 30.6 Å². The first-order chi connectivity index (χ1) is 17.2. The second-order valence-electron chi connectivity index (χ2n) is 8.28. The average Bonchev–Trinajstić information content (AvgIpc) is 3.51. The van der Waals surface area contributed by atoms with Gasteiger partial charge in [0.25, 0.3) is 11.8 Å². The second-order valence-corrected chi connectivity index (χ2v) is 8.28. The third-order valence-corrected chi connectivity index (χ3v) is 5.55. The molecule has 6 N–H and O–H groups in total. The molecule has 0 aliphatic rings. The molecule has 0 aliphatic heterocycles. The van der Waals surface area contributed by atoms with Crippen molar-refractivity contribution in [1.82, 2.24) is 41.2 Å². The van der Waals surface area contributed by atoms with Crippen LogP contribution in [0.1, 0.15) is 40.5 Å². The summed E-state index contributed by atoms with van der Waals surface area (Å²) in [6.07, 6.45) is 2.71. The number of aromatic nitrogens is 4. The highest BCUT2D eigenvalue weighted by atomic mass is 19.0. The summed E-state index contributed by atoms with van der Waals surface area (Å²) < 4.78 is 0. The summed E-state index contributed by atoms with van der Waals surface area (Å²) in [5.74, 6) is 0.331. The summed E-state index contributed by atoms with van der Waals surface area (Å²) in [5, 5.41) is 12.6. The first-order valence-electron chi connectivity index (χ1n) is 12.1. The fourth-order valence-electron chi connectivity index (χ4n) is 3.71. The number of rotatable bonds is 14. The van der Waals surface area contributed by atoms with Crippen LogP contribution in [-0.2, 0) is 0 Å². The van der Waals surface area contributed by atoms with E-state index in [4.69, 9.17) is 0 Å². The van der Waals surface area contributed by atoms with Crippen molar-refractivity contribution < 1.29 is 28.4 Å². The maximum absolute atomic E-state index is 12.2. The molecule has 0 saturated carbocycles. The van der Waals surface area contributed by atoms with Gasteiger partial charge in [0.2, 0.25) is 0 Å². The zero-order valence-electron chi connectivity index (χ0n) is 21.3. The first kappa shape index (κ1) is 35.0. The molecule has 4 rings (SSSR count). The van der Waals surface area contributed by atoms with Crippen molar-refractivity contribution in [2.75, 3.05) is 39.3 Å². The van der Waals surface area contributed by atoms with E-state index in [0.717, 1.165) is 67.5 Å². The van der Waals surface area contributed by atoms with Crippen LogP contribution in [0.3, 0.4) is 0 Å². The van der Waals surface area contributed by atoms with E-state index < -0.39 is 0 Å². The highest BCUT2D eigenvalue weighted by molar-refractivity contribution is 5.94. The summed E-state index contributed by atoms with van der Waals surface area (Å²) in [5.41, 5.74) is 3.31. The monoisotopic (exact) mass is 556 g/mol. The van der Waals surface area contributed by atoms with Crippen molar-refractivity contribution in [3.8, 4) is 0 Å². The number of hydrogen-bond acceptors (Lipinski definition) is 6. The Bertz CT molecular complexity index is 1110. The van der Waals surface area contributed by atoms with Gasteiger partial charge in [-0.15, -0.1) is 0 Å². The van der Waals surface area contributed by atoms with Crippen LogP contribution in [0.5, 0.6) is 0 Å². The van der Waals surface area contributed by atoms with E-state index in [2.05, 4.69) is 41.2 Å². The summed E-state index contributed by atoms with van der Waals surface area (Å²) >= 11 is 0. The second kappa shape index (κ2) is 18.3. The molecule has 0 aliphatic carbocycles. The Morgan fingerprint density at radius 1 is 0.564 bits per heavy atom. The van der Waals surface area contributed by atoms with Crippen molar-refractivity contribution >= 4 is 33.9 Å². The summed E-state index contributed by atoms with van der Waals surface area (Å²) in [6.45, 7) is 4.70. The van der Waals surface area contributed by atoms with Gasteiger partial charge < -0.3 is 31.2 Å². The number of amides is 2. The van der Waals surface area contributed by atoms with Crippen molar-refractivity contribution in [1.29, 1.82) is 0 Å². The van der Waals surface area contributed by atoms with Gasteiger partial charge in [-0.2, -0.15) is 0 Å². The number of fused-ring (bicyclic) bond motifs is 2. The number of benzene rings is 2. The maximum atomic E-state index is 12.2. The number of hydrogen-bond donors (Lipinski definition) is 6. The number of para-hydroxylation sites is 4. The van der Waals surface area contributed by atoms with Crippen LogP contribution in [-0.4, -0.2) is 71.0 Å². The Kier molecular flexibility index (Phi) is 16.4. The summed E-state index contributed by atoms with van der Waals surface area (Å²) in [6, 6.07) is 15.2. The summed E-state index contributed by atoms with van der Waals surface area (Å²) in [7, 11) is 0. The number of carbonyl (C=O) groups is 2. The number of nitrogens with zero attached hydrogens (tertiary/aromatic N) is 2. The van der Waals surface area contributed by atoms with Gasteiger partial charge in [-0.05, 0) is 69.7 Å². The largest absolute Gasteiger partial charge is 0.349 e. The standard InChI is InChI=1S/C25H32N8O2.4FH/c34-24(22-30-18-8-1-2-9-19(18)31-22)28-16-6-14-26-12-5-13-27-15-7-17-29-25(35)23-32-20-10-3-4-11-21(20)33-23;;;;/h1-4,8-11,26-27H,5-7,12-17H2,(H,28,34)(H,29,35)(H,30,31)(H,32,33);4*1H. The molecule has 14 heteroatoms. The highest BCUT2D eigenvalue weighted by Gasteiger charge is 2.11. The Labute approximate surface area is 222 Å². The predicted molar refractivity (Wildman–Crippen MR) is 146 cm³/mol. The van der Waals surface area contributed by atoms with Crippen molar-refractivity contribution in [3.05, 3.63) is 60.2 Å². The lowest BCUT2D eigenvalue weighted by atomic mass is 10.3. The van der Waals surface area contributed by atoms with Gasteiger partial charge in [0, 0.05) is 13.1 Å². The lowest BCUT2D eigenvalue weighted by Gasteiger charge is -2.07. The van der Waals surface area contributed by atoms with E-state index in [1.165, 1.54) is 0 Å².